The molecular weight excluding hydrogens is 256 g/mol. The molecule has 0 aliphatic rings. The minimum atomic E-state index is -0.615. The number of thioether (sulfide) groups is 1. The monoisotopic (exact) mass is 270 g/mol. The Morgan fingerprint density at radius 1 is 1.61 bits per heavy atom. The normalized spacial score (nSPS) is 9.89. The van der Waals surface area contributed by atoms with Gasteiger partial charge in [0.2, 0.25) is 0 Å². The molecule has 7 nitrogen and oxygen atoms in total. The molecule has 0 unspecified atom stereocenters. The van der Waals surface area contributed by atoms with Crippen LogP contribution in [0.25, 0.3) is 0 Å². The SMILES string of the molecule is CNc1cc(C(=O)NCCSC)c([N+](=O)[O-])cn1. The molecule has 1 amide bonds. The van der Waals surface area contributed by atoms with E-state index in [9.17, 15) is 14.9 Å². The van der Waals surface area contributed by atoms with Crippen LogP contribution < -0.4 is 10.6 Å². The van der Waals surface area contributed by atoms with Gasteiger partial charge >= 0.3 is 0 Å². The lowest BCUT2D eigenvalue weighted by Gasteiger charge is -2.06. The summed E-state index contributed by atoms with van der Waals surface area (Å²) in [5.74, 6) is 0.703. The van der Waals surface area contributed by atoms with E-state index in [0.717, 1.165) is 11.9 Å². The van der Waals surface area contributed by atoms with Gasteiger partial charge in [0.1, 0.15) is 17.6 Å². The Morgan fingerprint density at radius 2 is 2.33 bits per heavy atom. The smallest absolute Gasteiger partial charge is 0.300 e. The Labute approximate surface area is 109 Å². The number of rotatable bonds is 6. The molecule has 18 heavy (non-hydrogen) atoms. The summed E-state index contributed by atoms with van der Waals surface area (Å²) in [7, 11) is 1.63. The van der Waals surface area contributed by atoms with Crippen LogP contribution in [0.15, 0.2) is 12.3 Å². The molecule has 0 saturated carbocycles. The van der Waals surface area contributed by atoms with Gasteiger partial charge in [0.15, 0.2) is 0 Å². The summed E-state index contributed by atoms with van der Waals surface area (Å²) in [5, 5.41) is 16.2. The lowest BCUT2D eigenvalue weighted by atomic mass is 10.2. The number of anilines is 1. The molecule has 0 aliphatic carbocycles. The first kappa shape index (κ1) is 14.2. The highest BCUT2D eigenvalue weighted by molar-refractivity contribution is 7.98. The van der Waals surface area contributed by atoms with Gasteiger partial charge in [-0.05, 0) is 6.26 Å². The highest BCUT2D eigenvalue weighted by Gasteiger charge is 2.21. The molecule has 1 rings (SSSR count). The molecule has 0 fully saturated rings. The first-order valence-electron chi connectivity index (χ1n) is 5.19. The maximum atomic E-state index is 11.8. The van der Waals surface area contributed by atoms with Crippen molar-refractivity contribution in [2.75, 3.05) is 30.9 Å². The van der Waals surface area contributed by atoms with Gasteiger partial charge in [0.25, 0.3) is 11.6 Å². The summed E-state index contributed by atoms with van der Waals surface area (Å²) in [5.41, 5.74) is -0.281. The Kier molecular flexibility index (Phi) is 5.37. The second-order valence-electron chi connectivity index (χ2n) is 3.34. The maximum Gasteiger partial charge on any atom is 0.300 e. The molecule has 1 aromatic rings. The van der Waals surface area contributed by atoms with Crippen LogP contribution in [0.3, 0.4) is 0 Å². The lowest BCUT2D eigenvalue weighted by Crippen LogP contribution is -2.26. The Bertz CT molecular complexity index is 453. The predicted octanol–water partition coefficient (Wildman–Crippen LogP) is 1.12. The third-order valence-electron chi connectivity index (χ3n) is 2.17. The molecule has 0 bridgehead atoms. The molecule has 0 aromatic carbocycles. The van der Waals surface area contributed by atoms with Crippen LogP contribution in [0.2, 0.25) is 0 Å². The van der Waals surface area contributed by atoms with Crippen molar-refractivity contribution in [3.63, 3.8) is 0 Å². The topological polar surface area (TPSA) is 97.2 Å². The second-order valence-corrected chi connectivity index (χ2v) is 4.33. The summed E-state index contributed by atoms with van der Waals surface area (Å²) >= 11 is 1.58. The molecule has 8 heteroatoms. The van der Waals surface area contributed by atoms with Gasteiger partial charge in [-0.2, -0.15) is 11.8 Å². The second kappa shape index (κ2) is 6.80. The molecule has 98 valence electrons. The average Bonchev–Trinajstić information content (AvgIpc) is 2.38. The Hall–Kier alpha value is -1.83. The van der Waals surface area contributed by atoms with E-state index < -0.39 is 10.8 Å². The highest BCUT2D eigenvalue weighted by Crippen LogP contribution is 2.19. The lowest BCUT2D eigenvalue weighted by molar-refractivity contribution is -0.385. The molecular formula is C10H14N4O3S. The molecule has 0 spiro atoms. The third kappa shape index (κ3) is 3.59. The summed E-state index contributed by atoms with van der Waals surface area (Å²) in [6, 6.07) is 1.37. The maximum absolute atomic E-state index is 11.8. The first-order chi connectivity index (χ1) is 8.60. The molecule has 0 atom stereocenters. The van der Waals surface area contributed by atoms with E-state index in [1.165, 1.54) is 6.07 Å². The van der Waals surface area contributed by atoms with Gasteiger partial charge < -0.3 is 10.6 Å². The van der Waals surface area contributed by atoms with Gasteiger partial charge in [-0.3, -0.25) is 14.9 Å². The zero-order valence-corrected chi connectivity index (χ0v) is 10.9. The van der Waals surface area contributed by atoms with Crippen molar-refractivity contribution in [2.45, 2.75) is 0 Å². The number of pyridine rings is 1. The van der Waals surface area contributed by atoms with E-state index in [-0.39, 0.29) is 11.3 Å². The summed E-state index contributed by atoms with van der Waals surface area (Å²) in [4.78, 5) is 25.9. The van der Waals surface area contributed by atoms with Gasteiger partial charge in [-0.1, -0.05) is 0 Å². The third-order valence-corrected chi connectivity index (χ3v) is 2.78. The van der Waals surface area contributed by atoms with E-state index >= 15 is 0 Å². The minimum absolute atomic E-state index is 0.0143. The first-order valence-corrected chi connectivity index (χ1v) is 6.59. The van der Waals surface area contributed by atoms with Crippen molar-refractivity contribution in [1.29, 1.82) is 0 Å². The van der Waals surface area contributed by atoms with E-state index in [4.69, 9.17) is 0 Å². The molecule has 0 radical (unpaired) electrons. The molecule has 1 heterocycles. The van der Waals surface area contributed by atoms with Crippen LogP contribution in [-0.2, 0) is 0 Å². The van der Waals surface area contributed by atoms with Crippen molar-refractivity contribution >= 4 is 29.2 Å². The van der Waals surface area contributed by atoms with Crippen molar-refractivity contribution in [1.82, 2.24) is 10.3 Å². The van der Waals surface area contributed by atoms with Gasteiger partial charge in [-0.25, -0.2) is 4.98 Å². The van der Waals surface area contributed by atoms with Gasteiger partial charge in [0.05, 0.1) is 4.92 Å². The quantitative estimate of drug-likeness (QED) is 0.457. The Balaban J connectivity index is 2.96. The van der Waals surface area contributed by atoms with Crippen LogP contribution in [0.1, 0.15) is 10.4 Å². The van der Waals surface area contributed by atoms with E-state index in [2.05, 4.69) is 15.6 Å². The van der Waals surface area contributed by atoms with Crippen molar-refractivity contribution in [3.05, 3.63) is 27.9 Å². The number of nitrogens with zero attached hydrogens (tertiary/aromatic N) is 2. The number of carbonyl (C=O) groups excluding carboxylic acids is 1. The van der Waals surface area contributed by atoms with Crippen LogP contribution in [0, 0.1) is 10.1 Å². The highest BCUT2D eigenvalue weighted by atomic mass is 32.2. The average molecular weight is 270 g/mol. The summed E-state index contributed by atoms with van der Waals surface area (Å²) in [6.07, 6.45) is 3.00. The van der Waals surface area contributed by atoms with Crippen LogP contribution in [-0.4, -0.2) is 41.4 Å². The van der Waals surface area contributed by atoms with Crippen molar-refractivity contribution in [2.24, 2.45) is 0 Å². The van der Waals surface area contributed by atoms with Crippen LogP contribution in [0.5, 0.6) is 0 Å². The minimum Gasteiger partial charge on any atom is -0.373 e. The van der Waals surface area contributed by atoms with Crippen LogP contribution >= 0.6 is 11.8 Å². The van der Waals surface area contributed by atoms with E-state index in [1.807, 2.05) is 6.26 Å². The predicted molar refractivity (Wildman–Crippen MR) is 71.2 cm³/mol. The van der Waals surface area contributed by atoms with Gasteiger partial charge in [0, 0.05) is 25.4 Å². The molecule has 2 N–H and O–H groups in total. The van der Waals surface area contributed by atoms with E-state index in [0.29, 0.717) is 12.4 Å². The van der Waals surface area contributed by atoms with Crippen LogP contribution in [0.4, 0.5) is 11.5 Å². The number of hydrogen-bond acceptors (Lipinski definition) is 6. The molecule has 1 aromatic heterocycles. The number of aromatic nitrogens is 1. The zero-order chi connectivity index (χ0) is 13.5. The van der Waals surface area contributed by atoms with Gasteiger partial charge in [-0.15, -0.1) is 0 Å². The number of nitrogens with one attached hydrogen (secondary N) is 2. The van der Waals surface area contributed by atoms with Crippen molar-refractivity contribution < 1.29 is 9.72 Å². The Morgan fingerprint density at radius 3 is 2.89 bits per heavy atom. The standard InChI is InChI=1S/C10H14N4O3S/c1-11-9-5-7(8(6-13-9)14(16)17)10(15)12-3-4-18-2/h5-6H,3-4H2,1-2H3,(H,11,13)(H,12,15). The number of carbonyl (C=O) groups is 1. The van der Waals surface area contributed by atoms with Crippen molar-refractivity contribution in [3.8, 4) is 0 Å². The van der Waals surface area contributed by atoms with E-state index in [1.54, 1.807) is 18.8 Å². The number of hydrogen-bond donors (Lipinski definition) is 2. The largest absolute Gasteiger partial charge is 0.373 e. The summed E-state index contributed by atoms with van der Waals surface area (Å²) < 4.78 is 0. The fourth-order valence-corrected chi connectivity index (χ4v) is 1.58. The summed E-state index contributed by atoms with van der Waals surface area (Å²) in [6.45, 7) is 0.467. The molecule has 0 aliphatic heterocycles. The fraction of sp³-hybridized carbons (Fsp3) is 0.400. The zero-order valence-electron chi connectivity index (χ0n) is 10.1. The number of nitro groups is 1. The molecule has 0 saturated heterocycles. The number of amides is 1. The fourth-order valence-electron chi connectivity index (χ4n) is 1.27.